The lowest BCUT2D eigenvalue weighted by Crippen LogP contribution is -2.27. The number of aromatic nitrogens is 2. The first-order valence-electron chi connectivity index (χ1n) is 9.80. The lowest BCUT2D eigenvalue weighted by Gasteiger charge is -2.14. The van der Waals surface area contributed by atoms with Gasteiger partial charge in [-0.1, -0.05) is 11.6 Å². The van der Waals surface area contributed by atoms with E-state index in [4.69, 9.17) is 11.6 Å². The third-order valence-electron chi connectivity index (χ3n) is 5.29. The van der Waals surface area contributed by atoms with Gasteiger partial charge in [0.1, 0.15) is 0 Å². The summed E-state index contributed by atoms with van der Waals surface area (Å²) >= 11 is 6.06. The summed E-state index contributed by atoms with van der Waals surface area (Å²) in [7, 11) is 0. The van der Waals surface area contributed by atoms with E-state index in [1.165, 1.54) is 25.9 Å². The van der Waals surface area contributed by atoms with Crippen LogP contribution in [0, 0.1) is 20.8 Å². The summed E-state index contributed by atoms with van der Waals surface area (Å²) in [6.45, 7) is 10.1. The Kier molecular flexibility index (Phi) is 6.55. The Labute approximate surface area is 166 Å². The van der Waals surface area contributed by atoms with Crippen molar-refractivity contribution in [3.8, 4) is 5.69 Å². The van der Waals surface area contributed by atoms with E-state index in [2.05, 4.69) is 15.3 Å². The van der Waals surface area contributed by atoms with E-state index in [1.807, 2.05) is 43.7 Å². The van der Waals surface area contributed by atoms with Crippen molar-refractivity contribution in [2.75, 3.05) is 26.2 Å². The molecule has 27 heavy (non-hydrogen) atoms. The SMILES string of the molecule is Cc1cc(Cl)ccc1-n1nc(C)c(C(=O)NCCCCN2CCCC2)c1C. The molecule has 1 saturated heterocycles. The van der Waals surface area contributed by atoms with Gasteiger partial charge in [-0.05, 0) is 89.9 Å². The van der Waals surface area contributed by atoms with Gasteiger partial charge in [-0.15, -0.1) is 0 Å². The summed E-state index contributed by atoms with van der Waals surface area (Å²) in [6.07, 6.45) is 4.78. The van der Waals surface area contributed by atoms with Gasteiger partial charge in [-0.3, -0.25) is 4.79 Å². The molecule has 1 aromatic carbocycles. The predicted molar refractivity (Wildman–Crippen MR) is 110 cm³/mol. The summed E-state index contributed by atoms with van der Waals surface area (Å²) in [5.41, 5.74) is 4.25. The first-order chi connectivity index (χ1) is 13.0. The fourth-order valence-electron chi connectivity index (χ4n) is 3.82. The fraction of sp³-hybridized carbons (Fsp3) is 0.524. The molecule has 0 aliphatic carbocycles. The molecule has 0 atom stereocenters. The molecule has 3 rings (SSSR count). The van der Waals surface area contributed by atoms with Crippen molar-refractivity contribution >= 4 is 17.5 Å². The first kappa shape index (κ1) is 19.9. The van der Waals surface area contributed by atoms with Crippen LogP contribution in [0.15, 0.2) is 18.2 Å². The maximum atomic E-state index is 12.7. The highest BCUT2D eigenvalue weighted by atomic mass is 35.5. The van der Waals surface area contributed by atoms with E-state index < -0.39 is 0 Å². The number of likely N-dealkylation sites (tertiary alicyclic amines) is 1. The van der Waals surface area contributed by atoms with Crippen molar-refractivity contribution in [3.05, 3.63) is 45.7 Å². The summed E-state index contributed by atoms with van der Waals surface area (Å²) in [4.78, 5) is 15.2. The Morgan fingerprint density at radius 3 is 2.63 bits per heavy atom. The van der Waals surface area contributed by atoms with Crippen molar-refractivity contribution in [3.63, 3.8) is 0 Å². The number of aryl methyl sites for hydroxylation is 2. The second kappa shape index (κ2) is 8.89. The molecule has 0 spiro atoms. The number of nitrogens with one attached hydrogen (secondary N) is 1. The highest BCUT2D eigenvalue weighted by molar-refractivity contribution is 6.30. The minimum atomic E-state index is -0.0379. The molecule has 1 aliphatic rings. The van der Waals surface area contributed by atoms with Crippen LogP contribution >= 0.6 is 11.6 Å². The largest absolute Gasteiger partial charge is 0.352 e. The van der Waals surface area contributed by atoms with Gasteiger partial charge in [0.05, 0.1) is 22.6 Å². The van der Waals surface area contributed by atoms with E-state index >= 15 is 0 Å². The van der Waals surface area contributed by atoms with Crippen molar-refractivity contribution in [2.45, 2.75) is 46.5 Å². The molecule has 6 heteroatoms. The van der Waals surface area contributed by atoms with Crippen LogP contribution in [0.5, 0.6) is 0 Å². The summed E-state index contributed by atoms with van der Waals surface area (Å²) < 4.78 is 1.84. The Morgan fingerprint density at radius 2 is 1.93 bits per heavy atom. The quantitative estimate of drug-likeness (QED) is 0.728. The molecule has 0 unspecified atom stereocenters. The standard InChI is InChI=1S/C21H29ClN4O/c1-15-14-18(22)8-9-19(15)26-17(3)20(16(2)24-26)21(27)23-10-4-5-11-25-12-6-7-13-25/h8-9,14H,4-7,10-13H2,1-3H3,(H,23,27). The zero-order valence-electron chi connectivity index (χ0n) is 16.5. The molecular weight excluding hydrogens is 360 g/mol. The smallest absolute Gasteiger partial charge is 0.255 e. The average Bonchev–Trinajstić information content (AvgIpc) is 3.23. The molecule has 1 aromatic heterocycles. The van der Waals surface area contributed by atoms with Crippen LogP contribution in [-0.2, 0) is 0 Å². The molecule has 2 aromatic rings. The van der Waals surface area contributed by atoms with Gasteiger partial charge < -0.3 is 10.2 Å². The highest BCUT2D eigenvalue weighted by Crippen LogP contribution is 2.23. The molecule has 0 saturated carbocycles. The average molecular weight is 389 g/mol. The van der Waals surface area contributed by atoms with Crippen LogP contribution < -0.4 is 5.32 Å². The Balaban J connectivity index is 1.60. The minimum Gasteiger partial charge on any atom is -0.352 e. The molecule has 1 fully saturated rings. The molecular formula is C21H29ClN4O. The lowest BCUT2D eigenvalue weighted by molar-refractivity contribution is 0.0951. The van der Waals surface area contributed by atoms with E-state index in [-0.39, 0.29) is 5.91 Å². The maximum Gasteiger partial charge on any atom is 0.255 e. The zero-order chi connectivity index (χ0) is 19.4. The van der Waals surface area contributed by atoms with Gasteiger partial charge in [0.25, 0.3) is 5.91 Å². The summed E-state index contributed by atoms with van der Waals surface area (Å²) in [5.74, 6) is -0.0379. The number of unbranched alkanes of at least 4 members (excludes halogenated alkanes) is 1. The van der Waals surface area contributed by atoms with Crippen LogP contribution in [0.1, 0.15) is 53.0 Å². The third kappa shape index (κ3) is 4.71. The number of halogens is 1. The third-order valence-corrected chi connectivity index (χ3v) is 5.53. The summed E-state index contributed by atoms with van der Waals surface area (Å²) in [5, 5.41) is 8.36. The molecule has 0 bridgehead atoms. The Bertz CT molecular complexity index is 809. The minimum absolute atomic E-state index is 0.0379. The Morgan fingerprint density at radius 1 is 1.19 bits per heavy atom. The van der Waals surface area contributed by atoms with E-state index in [0.29, 0.717) is 17.1 Å². The van der Waals surface area contributed by atoms with Gasteiger partial charge in [0.15, 0.2) is 0 Å². The monoisotopic (exact) mass is 388 g/mol. The van der Waals surface area contributed by atoms with Crippen molar-refractivity contribution in [1.82, 2.24) is 20.0 Å². The Hall–Kier alpha value is -1.85. The molecule has 0 radical (unpaired) electrons. The molecule has 1 aliphatic heterocycles. The van der Waals surface area contributed by atoms with Gasteiger partial charge in [-0.2, -0.15) is 5.10 Å². The number of benzene rings is 1. The number of hydrogen-bond donors (Lipinski definition) is 1. The second-order valence-corrected chi connectivity index (χ2v) is 7.84. The van der Waals surface area contributed by atoms with E-state index in [1.54, 1.807) is 0 Å². The molecule has 1 N–H and O–H groups in total. The van der Waals surface area contributed by atoms with Crippen LogP contribution in [0.2, 0.25) is 5.02 Å². The van der Waals surface area contributed by atoms with Gasteiger partial charge >= 0.3 is 0 Å². The number of rotatable bonds is 7. The topological polar surface area (TPSA) is 50.2 Å². The lowest BCUT2D eigenvalue weighted by atomic mass is 10.1. The normalized spacial score (nSPS) is 14.7. The number of hydrogen-bond acceptors (Lipinski definition) is 3. The van der Waals surface area contributed by atoms with Gasteiger partial charge in [0.2, 0.25) is 0 Å². The molecule has 2 heterocycles. The first-order valence-corrected chi connectivity index (χ1v) is 10.2. The van der Waals surface area contributed by atoms with Crippen LogP contribution in [0.4, 0.5) is 0 Å². The highest BCUT2D eigenvalue weighted by Gasteiger charge is 2.20. The van der Waals surface area contributed by atoms with Crippen molar-refractivity contribution in [1.29, 1.82) is 0 Å². The second-order valence-electron chi connectivity index (χ2n) is 7.40. The van der Waals surface area contributed by atoms with Crippen LogP contribution in [-0.4, -0.2) is 46.8 Å². The number of nitrogens with zero attached hydrogens (tertiary/aromatic N) is 3. The maximum absolute atomic E-state index is 12.7. The van der Waals surface area contributed by atoms with Gasteiger partial charge in [0, 0.05) is 11.6 Å². The zero-order valence-corrected chi connectivity index (χ0v) is 17.3. The van der Waals surface area contributed by atoms with Gasteiger partial charge in [-0.25, -0.2) is 4.68 Å². The molecule has 146 valence electrons. The number of carbonyl (C=O) groups is 1. The van der Waals surface area contributed by atoms with Crippen molar-refractivity contribution < 1.29 is 4.79 Å². The number of amides is 1. The number of carbonyl (C=O) groups excluding carboxylic acids is 1. The summed E-state index contributed by atoms with van der Waals surface area (Å²) in [6, 6.07) is 5.70. The predicted octanol–water partition coefficient (Wildman–Crippen LogP) is 4.06. The van der Waals surface area contributed by atoms with Crippen LogP contribution in [0.3, 0.4) is 0 Å². The van der Waals surface area contributed by atoms with Crippen molar-refractivity contribution in [2.24, 2.45) is 0 Å². The van der Waals surface area contributed by atoms with Crippen LogP contribution in [0.25, 0.3) is 5.69 Å². The van der Waals surface area contributed by atoms with E-state index in [0.717, 1.165) is 42.0 Å². The fourth-order valence-corrected chi connectivity index (χ4v) is 4.05. The molecule has 5 nitrogen and oxygen atoms in total. The van der Waals surface area contributed by atoms with E-state index in [9.17, 15) is 4.79 Å². The molecule has 1 amide bonds.